The third-order valence-corrected chi connectivity index (χ3v) is 5.70. The molecule has 0 heterocycles. The SMILES string of the molecule is CC1CCCCC1NS(=O)(=O)c1ccc(C(=O)O)c(Cl)c1. The van der Waals surface area contributed by atoms with Crippen molar-refractivity contribution in [2.45, 2.75) is 43.5 Å². The van der Waals surface area contributed by atoms with Gasteiger partial charge in [0.05, 0.1) is 15.5 Å². The van der Waals surface area contributed by atoms with E-state index >= 15 is 0 Å². The van der Waals surface area contributed by atoms with E-state index in [1.807, 2.05) is 6.92 Å². The second-order valence-electron chi connectivity index (χ2n) is 5.44. The van der Waals surface area contributed by atoms with E-state index in [1.54, 1.807) is 0 Å². The van der Waals surface area contributed by atoms with Gasteiger partial charge in [0.15, 0.2) is 0 Å². The summed E-state index contributed by atoms with van der Waals surface area (Å²) in [6, 6.07) is 3.58. The molecule has 2 atom stereocenters. The summed E-state index contributed by atoms with van der Waals surface area (Å²) in [5, 5.41) is 8.82. The summed E-state index contributed by atoms with van der Waals surface area (Å²) < 4.78 is 27.4. The van der Waals surface area contributed by atoms with Crippen LogP contribution in [0.15, 0.2) is 23.1 Å². The number of rotatable bonds is 4. The van der Waals surface area contributed by atoms with Crippen molar-refractivity contribution in [1.82, 2.24) is 4.72 Å². The van der Waals surface area contributed by atoms with Crippen molar-refractivity contribution in [3.63, 3.8) is 0 Å². The van der Waals surface area contributed by atoms with Gasteiger partial charge in [-0.05, 0) is 37.0 Å². The number of hydrogen-bond donors (Lipinski definition) is 2. The smallest absolute Gasteiger partial charge is 0.337 e. The topological polar surface area (TPSA) is 83.5 Å². The first kappa shape index (κ1) is 16.3. The van der Waals surface area contributed by atoms with Crippen LogP contribution in [0.4, 0.5) is 0 Å². The minimum absolute atomic E-state index is 0.00438. The van der Waals surface area contributed by atoms with Crippen LogP contribution < -0.4 is 4.72 Å². The number of carboxylic acid groups (broad SMARTS) is 1. The van der Waals surface area contributed by atoms with Gasteiger partial charge in [-0.3, -0.25) is 0 Å². The lowest BCUT2D eigenvalue weighted by Gasteiger charge is -2.29. The van der Waals surface area contributed by atoms with Crippen molar-refractivity contribution in [3.8, 4) is 0 Å². The molecule has 2 rings (SSSR count). The number of carboxylic acids is 1. The van der Waals surface area contributed by atoms with Gasteiger partial charge in [0.25, 0.3) is 0 Å². The fourth-order valence-electron chi connectivity index (χ4n) is 2.60. The van der Waals surface area contributed by atoms with E-state index in [0.717, 1.165) is 25.7 Å². The van der Waals surface area contributed by atoms with E-state index in [-0.39, 0.29) is 21.5 Å². The Morgan fingerprint density at radius 2 is 2.00 bits per heavy atom. The van der Waals surface area contributed by atoms with Crippen LogP contribution in [0, 0.1) is 5.92 Å². The van der Waals surface area contributed by atoms with Crippen molar-refractivity contribution in [2.24, 2.45) is 5.92 Å². The van der Waals surface area contributed by atoms with Gasteiger partial charge >= 0.3 is 5.97 Å². The largest absolute Gasteiger partial charge is 0.478 e. The number of hydrogen-bond acceptors (Lipinski definition) is 3. The van der Waals surface area contributed by atoms with E-state index < -0.39 is 16.0 Å². The van der Waals surface area contributed by atoms with Crippen LogP contribution in [0.1, 0.15) is 43.0 Å². The lowest BCUT2D eigenvalue weighted by molar-refractivity contribution is 0.0697. The van der Waals surface area contributed by atoms with Gasteiger partial charge in [-0.15, -0.1) is 0 Å². The van der Waals surface area contributed by atoms with Crippen LogP contribution in [-0.2, 0) is 10.0 Å². The molecule has 0 amide bonds. The predicted octanol–water partition coefficient (Wildman–Crippen LogP) is 2.90. The zero-order chi connectivity index (χ0) is 15.6. The Labute approximate surface area is 129 Å². The molecule has 21 heavy (non-hydrogen) atoms. The van der Waals surface area contributed by atoms with E-state index in [1.165, 1.54) is 18.2 Å². The fraction of sp³-hybridized carbons (Fsp3) is 0.500. The predicted molar refractivity (Wildman–Crippen MR) is 80.2 cm³/mol. The quantitative estimate of drug-likeness (QED) is 0.888. The van der Waals surface area contributed by atoms with Crippen LogP contribution in [0.2, 0.25) is 5.02 Å². The van der Waals surface area contributed by atoms with Crippen LogP contribution >= 0.6 is 11.6 Å². The highest BCUT2D eigenvalue weighted by Crippen LogP contribution is 2.26. The molecule has 5 nitrogen and oxygen atoms in total. The number of benzene rings is 1. The molecular weight excluding hydrogens is 314 g/mol. The maximum Gasteiger partial charge on any atom is 0.337 e. The van der Waals surface area contributed by atoms with Crippen LogP contribution in [0.3, 0.4) is 0 Å². The van der Waals surface area contributed by atoms with Gasteiger partial charge in [-0.2, -0.15) is 0 Å². The summed E-state index contributed by atoms with van der Waals surface area (Å²) in [4.78, 5) is 10.9. The van der Waals surface area contributed by atoms with Gasteiger partial charge in [0.1, 0.15) is 0 Å². The Kier molecular flexibility index (Phi) is 4.91. The molecule has 0 bridgehead atoms. The maximum absolute atomic E-state index is 12.4. The average molecular weight is 332 g/mol. The molecule has 2 unspecified atom stereocenters. The van der Waals surface area contributed by atoms with Crippen LogP contribution in [0.25, 0.3) is 0 Å². The number of sulfonamides is 1. The third kappa shape index (κ3) is 3.75. The number of halogens is 1. The lowest BCUT2D eigenvalue weighted by Crippen LogP contribution is -2.40. The standard InChI is InChI=1S/C14H18ClNO4S/c1-9-4-2-3-5-13(9)16-21(19,20)10-6-7-11(14(17)18)12(15)8-10/h6-9,13,16H,2-5H2,1H3,(H,17,18). The monoisotopic (exact) mass is 331 g/mol. The molecular formula is C14H18ClNO4S. The molecule has 7 heteroatoms. The number of nitrogens with one attached hydrogen (secondary N) is 1. The van der Waals surface area contributed by atoms with Gasteiger partial charge in [-0.1, -0.05) is 31.4 Å². The number of carbonyl (C=O) groups is 1. The molecule has 0 spiro atoms. The summed E-state index contributed by atoms with van der Waals surface area (Å²) in [6.07, 6.45) is 3.96. The molecule has 1 aliphatic rings. The molecule has 1 aromatic rings. The molecule has 1 saturated carbocycles. The maximum atomic E-state index is 12.4. The molecule has 0 radical (unpaired) electrons. The van der Waals surface area contributed by atoms with E-state index in [2.05, 4.69) is 4.72 Å². The summed E-state index contributed by atoms with van der Waals surface area (Å²) in [5.41, 5.74) is -0.110. The summed E-state index contributed by atoms with van der Waals surface area (Å²) in [6.45, 7) is 2.03. The zero-order valence-corrected chi connectivity index (χ0v) is 13.2. The van der Waals surface area contributed by atoms with Crippen molar-refractivity contribution in [1.29, 1.82) is 0 Å². The van der Waals surface area contributed by atoms with E-state index in [4.69, 9.17) is 16.7 Å². The molecule has 1 aromatic carbocycles. The highest BCUT2D eigenvalue weighted by Gasteiger charge is 2.27. The molecule has 1 fully saturated rings. The molecule has 2 N–H and O–H groups in total. The van der Waals surface area contributed by atoms with Crippen molar-refractivity contribution >= 4 is 27.6 Å². The summed E-state index contributed by atoms with van der Waals surface area (Å²) in [7, 11) is -3.69. The Morgan fingerprint density at radius 3 is 2.57 bits per heavy atom. The summed E-state index contributed by atoms with van der Waals surface area (Å²) in [5.74, 6) is -0.889. The number of aromatic carboxylic acids is 1. The first-order valence-corrected chi connectivity index (χ1v) is 8.72. The van der Waals surface area contributed by atoms with Gasteiger partial charge in [0, 0.05) is 6.04 Å². The van der Waals surface area contributed by atoms with E-state index in [0.29, 0.717) is 5.92 Å². The van der Waals surface area contributed by atoms with Crippen molar-refractivity contribution < 1.29 is 18.3 Å². The Hall–Kier alpha value is -1.11. The normalized spacial score (nSPS) is 23.0. The van der Waals surface area contributed by atoms with Crippen LogP contribution in [-0.4, -0.2) is 25.5 Å². The Morgan fingerprint density at radius 1 is 1.33 bits per heavy atom. The minimum atomic E-state index is -3.69. The summed E-state index contributed by atoms with van der Waals surface area (Å²) >= 11 is 5.83. The Balaban J connectivity index is 2.23. The third-order valence-electron chi connectivity index (χ3n) is 3.90. The second kappa shape index (κ2) is 6.34. The van der Waals surface area contributed by atoms with Gasteiger partial charge in [-0.25, -0.2) is 17.9 Å². The van der Waals surface area contributed by atoms with Gasteiger partial charge < -0.3 is 5.11 Å². The molecule has 116 valence electrons. The Bertz CT molecular complexity index is 644. The first-order valence-electron chi connectivity index (χ1n) is 6.86. The highest BCUT2D eigenvalue weighted by molar-refractivity contribution is 7.89. The fourth-order valence-corrected chi connectivity index (χ4v) is 4.33. The minimum Gasteiger partial charge on any atom is -0.478 e. The molecule has 0 aliphatic heterocycles. The highest BCUT2D eigenvalue weighted by atomic mass is 35.5. The van der Waals surface area contributed by atoms with E-state index in [9.17, 15) is 13.2 Å². The molecule has 0 saturated heterocycles. The lowest BCUT2D eigenvalue weighted by atomic mass is 9.87. The van der Waals surface area contributed by atoms with Gasteiger partial charge in [0.2, 0.25) is 10.0 Å². The van der Waals surface area contributed by atoms with Crippen molar-refractivity contribution in [3.05, 3.63) is 28.8 Å². The zero-order valence-electron chi connectivity index (χ0n) is 11.7. The average Bonchev–Trinajstić information content (AvgIpc) is 2.40. The molecule has 1 aliphatic carbocycles. The molecule has 0 aromatic heterocycles. The van der Waals surface area contributed by atoms with Crippen LogP contribution in [0.5, 0.6) is 0 Å². The van der Waals surface area contributed by atoms with Crippen molar-refractivity contribution in [2.75, 3.05) is 0 Å². The first-order chi connectivity index (χ1) is 9.81. The second-order valence-corrected chi connectivity index (χ2v) is 7.56.